The third kappa shape index (κ3) is 2.46. The minimum atomic E-state index is 0.249. The van der Waals surface area contributed by atoms with Gasteiger partial charge in [-0.1, -0.05) is 0 Å². The highest BCUT2D eigenvalue weighted by Gasteiger charge is 2.44. The fraction of sp³-hybridized carbons (Fsp3) is 0.929. The molecule has 5 nitrogen and oxygen atoms in total. The second-order valence-corrected chi connectivity index (χ2v) is 6.22. The SMILES string of the molecule is CC(C)N1CC2CCC(C1)N2C(=O)N1CCOCC1. The molecule has 3 fully saturated rings. The number of piperazine rings is 1. The highest BCUT2D eigenvalue weighted by molar-refractivity contribution is 5.76. The first kappa shape index (κ1) is 13.2. The van der Waals surface area contributed by atoms with E-state index < -0.39 is 0 Å². The van der Waals surface area contributed by atoms with Gasteiger partial charge in [-0.3, -0.25) is 4.90 Å². The molecule has 3 rings (SSSR count). The minimum absolute atomic E-state index is 0.249. The minimum Gasteiger partial charge on any atom is -0.378 e. The molecule has 19 heavy (non-hydrogen) atoms. The summed E-state index contributed by atoms with van der Waals surface area (Å²) in [4.78, 5) is 19.3. The van der Waals surface area contributed by atoms with Crippen molar-refractivity contribution in [1.29, 1.82) is 0 Å². The largest absolute Gasteiger partial charge is 0.378 e. The summed E-state index contributed by atoms with van der Waals surface area (Å²) >= 11 is 0. The van der Waals surface area contributed by atoms with Gasteiger partial charge in [0.2, 0.25) is 0 Å². The van der Waals surface area contributed by atoms with Crippen molar-refractivity contribution in [2.24, 2.45) is 0 Å². The third-order valence-electron chi connectivity index (χ3n) is 4.74. The second-order valence-electron chi connectivity index (χ2n) is 6.22. The van der Waals surface area contributed by atoms with Crippen LogP contribution in [0.2, 0.25) is 0 Å². The van der Waals surface area contributed by atoms with Gasteiger partial charge in [-0.2, -0.15) is 0 Å². The van der Waals surface area contributed by atoms with Gasteiger partial charge in [0.05, 0.1) is 13.2 Å². The Labute approximate surface area is 115 Å². The van der Waals surface area contributed by atoms with E-state index in [-0.39, 0.29) is 6.03 Å². The van der Waals surface area contributed by atoms with Crippen LogP contribution >= 0.6 is 0 Å². The summed E-state index contributed by atoms with van der Waals surface area (Å²) in [6.07, 6.45) is 2.34. The van der Waals surface area contributed by atoms with E-state index in [1.807, 2.05) is 4.90 Å². The Balaban J connectivity index is 1.67. The van der Waals surface area contributed by atoms with Gasteiger partial charge in [-0.15, -0.1) is 0 Å². The maximum absolute atomic E-state index is 12.7. The molecule has 2 atom stereocenters. The lowest BCUT2D eigenvalue weighted by molar-refractivity contribution is 0.0203. The molecule has 0 radical (unpaired) electrons. The number of fused-ring (bicyclic) bond motifs is 2. The molecule has 0 aliphatic carbocycles. The predicted molar refractivity (Wildman–Crippen MR) is 73.1 cm³/mol. The molecule has 3 aliphatic rings. The molecule has 3 saturated heterocycles. The molecule has 2 amide bonds. The van der Waals surface area contributed by atoms with Crippen molar-refractivity contribution in [2.75, 3.05) is 39.4 Å². The monoisotopic (exact) mass is 267 g/mol. The summed E-state index contributed by atoms with van der Waals surface area (Å²) in [5, 5.41) is 0. The number of rotatable bonds is 1. The quantitative estimate of drug-likeness (QED) is 0.711. The standard InChI is InChI=1S/C14H25N3O2/c1-11(2)16-9-12-3-4-13(10-16)17(12)14(18)15-5-7-19-8-6-15/h11-13H,3-10H2,1-2H3. The van der Waals surface area contributed by atoms with Crippen LogP contribution in [0.3, 0.4) is 0 Å². The maximum Gasteiger partial charge on any atom is 0.320 e. The van der Waals surface area contributed by atoms with E-state index >= 15 is 0 Å². The summed E-state index contributed by atoms with van der Waals surface area (Å²) in [5.74, 6) is 0. The normalized spacial score (nSPS) is 32.2. The summed E-state index contributed by atoms with van der Waals surface area (Å²) in [5.41, 5.74) is 0. The first-order valence-electron chi connectivity index (χ1n) is 7.56. The van der Waals surface area contributed by atoms with Crippen LogP contribution in [-0.2, 0) is 4.74 Å². The topological polar surface area (TPSA) is 36.0 Å². The lowest BCUT2D eigenvalue weighted by Crippen LogP contribution is -2.60. The van der Waals surface area contributed by atoms with E-state index in [2.05, 4.69) is 23.6 Å². The van der Waals surface area contributed by atoms with Gasteiger partial charge in [0.25, 0.3) is 0 Å². The van der Waals surface area contributed by atoms with E-state index in [1.165, 1.54) is 12.8 Å². The molecule has 5 heteroatoms. The van der Waals surface area contributed by atoms with Crippen molar-refractivity contribution < 1.29 is 9.53 Å². The highest BCUT2D eigenvalue weighted by Crippen LogP contribution is 2.32. The zero-order chi connectivity index (χ0) is 13.4. The van der Waals surface area contributed by atoms with Gasteiger partial charge in [-0.25, -0.2) is 4.79 Å². The van der Waals surface area contributed by atoms with E-state index in [1.54, 1.807) is 0 Å². The first-order chi connectivity index (χ1) is 9.16. The Bertz CT molecular complexity index is 328. The summed E-state index contributed by atoms with van der Waals surface area (Å²) in [7, 11) is 0. The maximum atomic E-state index is 12.7. The van der Waals surface area contributed by atoms with Gasteiger partial charge < -0.3 is 14.5 Å². The third-order valence-corrected chi connectivity index (χ3v) is 4.74. The summed E-state index contributed by atoms with van der Waals surface area (Å²) in [6, 6.07) is 1.69. The molecule has 0 N–H and O–H groups in total. The predicted octanol–water partition coefficient (Wildman–Crippen LogP) is 0.996. The van der Waals surface area contributed by atoms with E-state index in [9.17, 15) is 4.79 Å². The fourth-order valence-corrected chi connectivity index (χ4v) is 3.59. The Morgan fingerprint density at radius 2 is 1.68 bits per heavy atom. The number of ether oxygens (including phenoxy) is 1. The molecule has 0 aromatic rings. The smallest absolute Gasteiger partial charge is 0.320 e. The van der Waals surface area contributed by atoms with Crippen molar-refractivity contribution in [3.05, 3.63) is 0 Å². The van der Waals surface area contributed by atoms with Gasteiger partial charge in [0.15, 0.2) is 0 Å². The van der Waals surface area contributed by atoms with Gasteiger partial charge in [-0.05, 0) is 26.7 Å². The lowest BCUT2D eigenvalue weighted by atomic mass is 10.1. The first-order valence-corrected chi connectivity index (χ1v) is 7.56. The van der Waals surface area contributed by atoms with Crippen LogP contribution in [0.5, 0.6) is 0 Å². The fourth-order valence-electron chi connectivity index (χ4n) is 3.59. The van der Waals surface area contributed by atoms with Crippen LogP contribution in [0.1, 0.15) is 26.7 Å². The molecule has 3 aliphatic heterocycles. The molecule has 0 aromatic heterocycles. The van der Waals surface area contributed by atoms with Crippen LogP contribution < -0.4 is 0 Å². The van der Waals surface area contributed by atoms with Crippen LogP contribution in [0, 0.1) is 0 Å². The number of carbonyl (C=O) groups excluding carboxylic acids is 1. The van der Waals surface area contributed by atoms with Crippen molar-refractivity contribution >= 4 is 6.03 Å². The number of hydrogen-bond donors (Lipinski definition) is 0. The highest BCUT2D eigenvalue weighted by atomic mass is 16.5. The van der Waals surface area contributed by atoms with E-state index in [0.29, 0.717) is 31.3 Å². The van der Waals surface area contributed by atoms with Crippen molar-refractivity contribution in [3.8, 4) is 0 Å². The average Bonchev–Trinajstić information content (AvgIpc) is 2.68. The molecule has 108 valence electrons. The van der Waals surface area contributed by atoms with Crippen LogP contribution in [-0.4, -0.2) is 78.2 Å². The number of morpholine rings is 1. The number of nitrogens with zero attached hydrogens (tertiary/aromatic N) is 3. The Morgan fingerprint density at radius 1 is 1.11 bits per heavy atom. The van der Waals surface area contributed by atoms with E-state index in [0.717, 1.165) is 26.2 Å². The molecule has 3 heterocycles. The van der Waals surface area contributed by atoms with Crippen molar-refractivity contribution in [1.82, 2.24) is 14.7 Å². The van der Waals surface area contributed by atoms with Gasteiger partial charge in [0.1, 0.15) is 0 Å². The molecule has 0 aromatic carbocycles. The summed E-state index contributed by atoms with van der Waals surface area (Å²) < 4.78 is 5.33. The van der Waals surface area contributed by atoms with Crippen LogP contribution in [0.15, 0.2) is 0 Å². The van der Waals surface area contributed by atoms with Crippen molar-refractivity contribution in [3.63, 3.8) is 0 Å². The lowest BCUT2D eigenvalue weighted by Gasteiger charge is -2.44. The second kappa shape index (κ2) is 5.29. The van der Waals surface area contributed by atoms with Gasteiger partial charge >= 0.3 is 6.03 Å². The molecule has 2 bridgehead atoms. The number of carbonyl (C=O) groups is 1. The number of likely N-dealkylation sites (tertiary alicyclic amines) is 1. The van der Waals surface area contributed by atoms with Crippen molar-refractivity contribution in [2.45, 2.75) is 44.8 Å². The number of urea groups is 1. The zero-order valence-electron chi connectivity index (χ0n) is 12.0. The molecular weight excluding hydrogens is 242 g/mol. The van der Waals surface area contributed by atoms with Gasteiger partial charge in [0, 0.05) is 44.3 Å². The average molecular weight is 267 g/mol. The Kier molecular flexibility index (Phi) is 3.67. The zero-order valence-corrected chi connectivity index (χ0v) is 12.0. The number of amides is 2. The summed E-state index contributed by atoms with van der Waals surface area (Å²) in [6.45, 7) is 9.47. The van der Waals surface area contributed by atoms with Crippen LogP contribution in [0.4, 0.5) is 4.79 Å². The molecule has 2 unspecified atom stereocenters. The Morgan fingerprint density at radius 3 is 2.21 bits per heavy atom. The molecule has 0 spiro atoms. The Hall–Kier alpha value is -0.810. The van der Waals surface area contributed by atoms with E-state index in [4.69, 9.17) is 4.74 Å². The molecular formula is C14H25N3O2. The number of hydrogen-bond acceptors (Lipinski definition) is 3. The molecule has 0 saturated carbocycles. The van der Waals surface area contributed by atoms with Crippen LogP contribution in [0.25, 0.3) is 0 Å².